The van der Waals surface area contributed by atoms with Crippen LogP contribution in [-0.2, 0) is 9.47 Å². The predicted octanol–water partition coefficient (Wildman–Crippen LogP) is 0.359. The van der Waals surface area contributed by atoms with E-state index in [4.69, 9.17) is 9.47 Å². The van der Waals surface area contributed by atoms with Crippen LogP contribution in [0.5, 0.6) is 0 Å². The van der Waals surface area contributed by atoms with E-state index in [1.807, 2.05) is 0 Å². The Balaban J connectivity index is 2.07. The maximum atomic E-state index is 5.61. The standard InChI is InChI=1S/C8H15NO2/c1-7-2-3-9-6-8(7)10-4-5-11-8/h7,9H,2-6H2,1H3/t7-/m0/s1. The van der Waals surface area contributed by atoms with E-state index in [0.29, 0.717) is 5.92 Å². The number of hydrogen-bond acceptors (Lipinski definition) is 3. The van der Waals surface area contributed by atoms with Gasteiger partial charge < -0.3 is 14.8 Å². The fraction of sp³-hybridized carbons (Fsp3) is 1.00. The molecule has 3 nitrogen and oxygen atoms in total. The molecule has 2 fully saturated rings. The monoisotopic (exact) mass is 157 g/mol. The number of rotatable bonds is 0. The molecule has 3 heteroatoms. The van der Waals surface area contributed by atoms with Gasteiger partial charge in [-0.2, -0.15) is 0 Å². The van der Waals surface area contributed by atoms with Gasteiger partial charge in [-0.1, -0.05) is 6.92 Å². The van der Waals surface area contributed by atoms with Crippen LogP contribution < -0.4 is 5.32 Å². The van der Waals surface area contributed by atoms with Crippen LogP contribution in [0.15, 0.2) is 0 Å². The van der Waals surface area contributed by atoms with Gasteiger partial charge in [-0.3, -0.25) is 0 Å². The molecule has 0 aromatic heterocycles. The van der Waals surface area contributed by atoms with Crippen molar-refractivity contribution in [2.75, 3.05) is 26.3 Å². The zero-order valence-corrected chi connectivity index (χ0v) is 6.93. The molecular weight excluding hydrogens is 142 g/mol. The maximum absolute atomic E-state index is 5.61. The van der Waals surface area contributed by atoms with Crippen molar-refractivity contribution in [3.8, 4) is 0 Å². The molecule has 1 spiro atoms. The molecule has 1 atom stereocenters. The topological polar surface area (TPSA) is 30.5 Å². The summed E-state index contributed by atoms with van der Waals surface area (Å²) in [5.74, 6) is 0.254. The van der Waals surface area contributed by atoms with Gasteiger partial charge in [0.15, 0.2) is 5.79 Å². The lowest BCUT2D eigenvalue weighted by atomic mass is 9.93. The second kappa shape index (κ2) is 2.73. The third kappa shape index (κ3) is 1.17. The van der Waals surface area contributed by atoms with Crippen molar-refractivity contribution in [3.63, 3.8) is 0 Å². The third-order valence-corrected chi connectivity index (χ3v) is 2.65. The summed E-state index contributed by atoms with van der Waals surface area (Å²) >= 11 is 0. The molecule has 0 saturated carbocycles. The summed E-state index contributed by atoms with van der Waals surface area (Å²) in [6.45, 7) is 5.66. The highest BCUT2D eigenvalue weighted by atomic mass is 16.7. The van der Waals surface area contributed by atoms with Gasteiger partial charge in [0.1, 0.15) is 0 Å². The molecule has 2 heterocycles. The fourth-order valence-corrected chi connectivity index (χ4v) is 1.83. The molecule has 64 valence electrons. The summed E-state index contributed by atoms with van der Waals surface area (Å²) in [6, 6.07) is 0. The van der Waals surface area contributed by atoms with Crippen LogP contribution in [-0.4, -0.2) is 32.1 Å². The van der Waals surface area contributed by atoms with Crippen molar-refractivity contribution < 1.29 is 9.47 Å². The smallest absolute Gasteiger partial charge is 0.183 e. The lowest BCUT2D eigenvalue weighted by Crippen LogP contribution is -2.52. The molecule has 1 N–H and O–H groups in total. The number of piperidine rings is 1. The Hall–Kier alpha value is -0.120. The summed E-state index contributed by atoms with van der Waals surface area (Å²) in [7, 11) is 0. The first kappa shape index (κ1) is 7.53. The van der Waals surface area contributed by atoms with Crippen molar-refractivity contribution in [3.05, 3.63) is 0 Å². The molecule has 0 radical (unpaired) electrons. The van der Waals surface area contributed by atoms with Gasteiger partial charge in [0.05, 0.1) is 19.8 Å². The summed E-state index contributed by atoms with van der Waals surface area (Å²) in [5, 5.41) is 3.30. The van der Waals surface area contributed by atoms with Crippen LogP contribution in [0.3, 0.4) is 0 Å². The first-order valence-electron chi connectivity index (χ1n) is 4.32. The van der Waals surface area contributed by atoms with Crippen molar-refractivity contribution in [1.29, 1.82) is 0 Å². The number of ether oxygens (including phenoxy) is 2. The van der Waals surface area contributed by atoms with Crippen LogP contribution in [0.1, 0.15) is 13.3 Å². The predicted molar refractivity (Wildman–Crippen MR) is 41.3 cm³/mol. The van der Waals surface area contributed by atoms with Gasteiger partial charge in [0.25, 0.3) is 0 Å². The molecule has 2 aliphatic rings. The normalized spacial score (nSPS) is 36.3. The van der Waals surface area contributed by atoms with E-state index in [2.05, 4.69) is 12.2 Å². The Morgan fingerprint density at radius 1 is 1.36 bits per heavy atom. The van der Waals surface area contributed by atoms with Gasteiger partial charge in [0.2, 0.25) is 0 Å². The second-order valence-electron chi connectivity index (χ2n) is 3.38. The number of nitrogens with one attached hydrogen (secondary N) is 1. The molecular formula is C8H15NO2. The third-order valence-electron chi connectivity index (χ3n) is 2.65. The van der Waals surface area contributed by atoms with E-state index in [-0.39, 0.29) is 5.79 Å². The first-order chi connectivity index (χ1) is 5.33. The SMILES string of the molecule is C[C@H]1CCNCC12OCCO2. The molecule has 2 rings (SSSR count). The molecule has 2 aliphatic heterocycles. The minimum absolute atomic E-state index is 0.280. The van der Waals surface area contributed by atoms with Crippen molar-refractivity contribution in [2.24, 2.45) is 5.92 Å². The lowest BCUT2D eigenvalue weighted by molar-refractivity contribution is -0.197. The molecule has 0 aromatic carbocycles. The van der Waals surface area contributed by atoms with E-state index in [9.17, 15) is 0 Å². The summed E-state index contributed by atoms with van der Waals surface area (Å²) in [6.07, 6.45) is 1.15. The van der Waals surface area contributed by atoms with Gasteiger partial charge in [-0.05, 0) is 13.0 Å². The largest absolute Gasteiger partial charge is 0.346 e. The first-order valence-corrected chi connectivity index (χ1v) is 4.32. The Kier molecular flexibility index (Phi) is 1.87. The quantitative estimate of drug-likeness (QED) is 0.550. The van der Waals surface area contributed by atoms with Gasteiger partial charge in [-0.15, -0.1) is 0 Å². The molecule has 0 aliphatic carbocycles. The Morgan fingerprint density at radius 2 is 2.09 bits per heavy atom. The van der Waals surface area contributed by atoms with E-state index >= 15 is 0 Å². The van der Waals surface area contributed by atoms with Crippen molar-refractivity contribution >= 4 is 0 Å². The second-order valence-corrected chi connectivity index (χ2v) is 3.38. The highest BCUT2D eigenvalue weighted by Gasteiger charge is 2.43. The highest BCUT2D eigenvalue weighted by Crippen LogP contribution is 2.31. The zero-order valence-electron chi connectivity index (χ0n) is 6.93. The zero-order chi connectivity index (χ0) is 7.73. The van der Waals surface area contributed by atoms with E-state index in [0.717, 1.165) is 32.7 Å². The highest BCUT2D eigenvalue weighted by molar-refractivity contribution is 4.86. The van der Waals surface area contributed by atoms with Crippen LogP contribution in [0, 0.1) is 5.92 Å². The average Bonchev–Trinajstić information content (AvgIpc) is 2.46. The maximum Gasteiger partial charge on any atom is 0.183 e. The minimum atomic E-state index is -0.280. The average molecular weight is 157 g/mol. The van der Waals surface area contributed by atoms with Gasteiger partial charge in [0, 0.05) is 5.92 Å². The van der Waals surface area contributed by atoms with Crippen LogP contribution in [0.25, 0.3) is 0 Å². The van der Waals surface area contributed by atoms with Crippen LogP contribution in [0.4, 0.5) is 0 Å². The lowest BCUT2D eigenvalue weighted by Gasteiger charge is -2.37. The molecule has 0 amide bonds. The van der Waals surface area contributed by atoms with Crippen molar-refractivity contribution in [2.45, 2.75) is 19.1 Å². The van der Waals surface area contributed by atoms with E-state index < -0.39 is 0 Å². The van der Waals surface area contributed by atoms with Crippen LogP contribution >= 0.6 is 0 Å². The molecule has 11 heavy (non-hydrogen) atoms. The summed E-state index contributed by atoms with van der Waals surface area (Å²) in [4.78, 5) is 0. The number of hydrogen-bond donors (Lipinski definition) is 1. The fourth-order valence-electron chi connectivity index (χ4n) is 1.83. The summed E-state index contributed by atoms with van der Waals surface area (Å²) < 4.78 is 11.2. The van der Waals surface area contributed by atoms with E-state index in [1.165, 1.54) is 0 Å². The van der Waals surface area contributed by atoms with Gasteiger partial charge in [-0.25, -0.2) is 0 Å². The van der Waals surface area contributed by atoms with E-state index in [1.54, 1.807) is 0 Å². The Labute approximate surface area is 67.1 Å². The molecule has 0 unspecified atom stereocenters. The Morgan fingerprint density at radius 3 is 2.73 bits per heavy atom. The minimum Gasteiger partial charge on any atom is -0.346 e. The summed E-state index contributed by atoms with van der Waals surface area (Å²) in [5.41, 5.74) is 0. The Bertz CT molecular complexity index is 143. The van der Waals surface area contributed by atoms with Crippen LogP contribution in [0.2, 0.25) is 0 Å². The molecule has 0 aromatic rings. The van der Waals surface area contributed by atoms with Crippen molar-refractivity contribution in [1.82, 2.24) is 5.32 Å². The molecule has 0 bridgehead atoms. The van der Waals surface area contributed by atoms with Gasteiger partial charge >= 0.3 is 0 Å². The molecule has 2 saturated heterocycles.